The highest BCUT2D eigenvalue weighted by Crippen LogP contribution is 2.35. The molecule has 6 heteroatoms. The number of hydrogen-bond acceptors (Lipinski definition) is 4. The summed E-state index contributed by atoms with van der Waals surface area (Å²) in [6.45, 7) is 10.8. The minimum Gasteiger partial charge on any atom is -0.335 e. The molecule has 1 aromatic heterocycles. The van der Waals surface area contributed by atoms with Gasteiger partial charge < -0.3 is 4.90 Å². The van der Waals surface area contributed by atoms with Gasteiger partial charge in [0.05, 0.1) is 0 Å². The predicted octanol–water partition coefficient (Wildman–Crippen LogP) is 4.51. The van der Waals surface area contributed by atoms with Crippen LogP contribution in [0.25, 0.3) is 0 Å². The molecule has 3 rings (SSSR count). The van der Waals surface area contributed by atoms with E-state index in [2.05, 4.69) is 44.0 Å². The molecule has 2 aromatic rings. The molecular formula is C25H36N4O2. The molecule has 6 nitrogen and oxygen atoms in total. The van der Waals surface area contributed by atoms with E-state index in [0.29, 0.717) is 25.1 Å². The van der Waals surface area contributed by atoms with E-state index in [4.69, 9.17) is 4.98 Å². The SMILES string of the molecule is Cc1ccc(CC(=O)[C@H]2CCC(=O)N(C)[C@@H]2c2nc(CCCC(C)(C)C)n[nH]2)c(C)c1. The summed E-state index contributed by atoms with van der Waals surface area (Å²) < 4.78 is 0. The first-order chi connectivity index (χ1) is 14.5. The molecule has 0 radical (unpaired) electrons. The van der Waals surface area contributed by atoms with E-state index in [1.54, 1.807) is 11.9 Å². The van der Waals surface area contributed by atoms with Gasteiger partial charge in [0.25, 0.3) is 0 Å². The monoisotopic (exact) mass is 424 g/mol. The van der Waals surface area contributed by atoms with Crippen molar-refractivity contribution in [2.24, 2.45) is 11.3 Å². The molecule has 0 bridgehead atoms. The molecule has 2 atom stereocenters. The lowest BCUT2D eigenvalue weighted by atomic mass is 9.82. The van der Waals surface area contributed by atoms with Crippen LogP contribution in [0.1, 0.15) is 80.8 Å². The van der Waals surface area contributed by atoms with Crippen molar-refractivity contribution in [2.45, 2.75) is 79.2 Å². The number of Topliss-reactive ketones (excluding diaryl/α,β-unsaturated/α-hetero) is 1. The van der Waals surface area contributed by atoms with E-state index >= 15 is 0 Å². The molecule has 0 unspecified atom stereocenters. The van der Waals surface area contributed by atoms with E-state index in [1.165, 1.54) is 5.56 Å². The number of nitrogens with one attached hydrogen (secondary N) is 1. The van der Waals surface area contributed by atoms with Crippen LogP contribution in [0.15, 0.2) is 18.2 Å². The van der Waals surface area contributed by atoms with Crippen molar-refractivity contribution in [1.82, 2.24) is 20.1 Å². The van der Waals surface area contributed by atoms with Gasteiger partial charge in [-0.3, -0.25) is 14.7 Å². The first-order valence-electron chi connectivity index (χ1n) is 11.3. The maximum Gasteiger partial charge on any atom is 0.222 e. The number of carbonyl (C=O) groups excluding carboxylic acids is 2. The highest BCUT2D eigenvalue weighted by Gasteiger charge is 2.40. The molecule has 1 aliphatic rings. The van der Waals surface area contributed by atoms with Gasteiger partial charge in [0, 0.05) is 32.2 Å². The molecule has 1 saturated heterocycles. The van der Waals surface area contributed by atoms with Crippen molar-refractivity contribution in [3.8, 4) is 0 Å². The standard InChI is InChI=1S/C25H36N4O2/c1-16-9-10-18(17(2)14-16)15-20(30)19-11-12-22(31)29(6)23(19)24-26-21(27-28-24)8-7-13-25(3,4)5/h9-10,14,19,23H,7-8,11-13,15H2,1-6H3,(H,26,27,28)/t19-,23+/m1/s1. The van der Waals surface area contributed by atoms with Crippen molar-refractivity contribution in [2.75, 3.05) is 7.05 Å². The lowest BCUT2D eigenvalue weighted by Gasteiger charge is -2.37. The van der Waals surface area contributed by atoms with Gasteiger partial charge in [0.1, 0.15) is 17.6 Å². The van der Waals surface area contributed by atoms with Gasteiger partial charge in [-0.05, 0) is 49.7 Å². The fourth-order valence-electron chi connectivity index (χ4n) is 4.44. The summed E-state index contributed by atoms with van der Waals surface area (Å²) in [6, 6.07) is 5.81. The van der Waals surface area contributed by atoms with E-state index in [-0.39, 0.29) is 29.1 Å². The summed E-state index contributed by atoms with van der Waals surface area (Å²) >= 11 is 0. The fraction of sp³-hybridized carbons (Fsp3) is 0.600. The largest absolute Gasteiger partial charge is 0.335 e. The number of piperidine rings is 1. The number of carbonyl (C=O) groups is 2. The highest BCUT2D eigenvalue weighted by atomic mass is 16.2. The number of rotatable bonds is 7. The van der Waals surface area contributed by atoms with Gasteiger partial charge in [0.15, 0.2) is 5.82 Å². The van der Waals surface area contributed by atoms with Crippen molar-refractivity contribution < 1.29 is 9.59 Å². The number of aromatic amines is 1. The van der Waals surface area contributed by atoms with Crippen LogP contribution >= 0.6 is 0 Å². The normalized spacial score (nSPS) is 19.7. The van der Waals surface area contributed by atoms with Crippen molar-refractivity contribution >= 4 is 11.7 Å². The van der Waals surface area contributed by atoms with Crippen molar-refractivity contribution in [3.05, 3.63) is 46.5 Å². The number of nitrogens with zero attached hydrogens (tertiary/aromatic N) is 3. The Labute approximate surface area is 185 Å². The molecule has 0 saturated carbocycles. The second-order valence-electron chi connectivity index (χ2n) is 10.2. The van der Waals surface area contributed by atoms with Gasteiger partial charge in [-0.2, -0.15) is 5.10 Å². The zero-order valence-electron chi connectivity index (χ0n) is 19.8. The average molecular weight is 425 g/mol. The van der Waals surface area contributed by atoms with Crippen LogP contribution in [-0.4, -0.2) is 38.8 Å². The molecule has 2 heterocycles. The van der Waals surface area contributed by atoms with Crippen LogP contribution in [0, 0.1) is 25.2 Å². The molecule has 0 spiro atoms. The smallest absolute Gasteiger partial charge is 0.222 e. The van der Waals surface area contributed by atoms with Gasteiger partial charge in [-0.1, -0.05) is 44.5 Å². The van der Waals surface area contributed by atoms with Gasteiger partial charge in [-0.25, -0.2) is 4.98 Å². The van der Waals surface area contributed by atoms with Crippen LogP contribution < -0.4 is 0 Å². The van der Waals surface area contributed by atoms with Crippen LogP contribution in [0.5, 0.6) is 0 Å². The topological polar surface area (TPSA) is 79.0 Å². The maximum absolute atomic E-state index is 13.3. The number of H-pyrrole nitrogens is 1. The summed E-state index contributed by atoms with van der Waals surface area (Å²) in [7, 11) is 1.77. The Morgan fingerprint density at radius 2 is 2.00 bits per heavy atom. The van der Waals surface area contributed by atoms with E-state index in [9.17, 15) is 9.59 Å². The third-order valence-electron chi connectivity index (χ3n) is 6.29. The third-order valence-corrected chi connectivity index (χ3v) is 6.29. The Bertz CT molecular complexity index is 941. The van der Waals surface area contributed by atoms with Gasteiger partial charge in [-0.15, -0.1) is 0 Å². The summed E-state index contributed by atoms with van der Waals surface area (Å²) in [4.78, 5) is 32.1. The van der Waals surface area contributed by atoms with Crippen molar-refractivity contribution in [1.29, 1.82) is 0 Å². The lowest BCUT2D eigenvalue weighted by molar-refractivity contribution is -0.141. The summed E-state index contributed by atoms with van der Waals surface area (Å²) in [5, 5.41) is 7.42. The Balaban J connectivity index is 1.77. The summed E-state index contributed by atoms with van der Waals surface area (Å²) in [5.41, 5.74) is 3.65. The van der Waals surface area contributed by atoms with E-state index in [0.717, 1.165) is 36.2 Å². The second kappa shape index (κ2) is 9.33. The van der Waals surface area contributed by atoms with Crippen LogP contribution in [0.4, 0.5) is 0 Å². The first-order valence-corrected chi connectivity index (χ1v) is 11.3. The first kappa shape index (κ1) is 23.2. The Kier molecular flexibility index (Phi) is 6.97. The van der Waals surface area contributed by atoms with Gasteiger partial charge >= 0.3 is 0 Å². The number of likely N-dealkylation sites (tertiary alicyclic amines) is 1. The summed E-state index contributed by atoms with van der Waals surface area (Å²) in [5.74, 6) is 1.30. The molecule has 1 aromatic carbocycles. The molecule has 31 heavy (non-hydrogen) atoms. The molecule has 1 amide bonds. The number of benzene rings is 1. The highest BCUT2D eigenvalue weighted by molar-refractivity contribution is 5.87. The Hall–Kier alpha value is -2.50. The second-order valence-corrected chi connectivity index (χ2v) is 10.2. The van der Waals surface area contributed by atoms with Crippen LogP contribution in [0.2, 0.25) is 0 Å². The molecule has 1 fully saturated rings. The van der Waals surface area contributed by atoms with E-state index in [1.807, 2.05) is 19.1 Å². The maximum atomic E-state index is 13.3. The zero-order valence-corrected chi connectivity index (χ0v) is 19.8. The number of aryl methyl sites for hydroxylation is 3. The Morgan fingerprint density at radius 1 is 1.26 bits per heavy atom. The van der Waals surface area contributed by atoms with Gasteiger partial charge in [0.2, 0.25) is 5.91 Å². The number of hydrogen-bond donors (Lipinski definition) is 1. The minimum absolute atomic E-state index is 0.0475. The van der Waals surface area contributed by atoms with E-state index < -0.39 is 0 Å². The van der Waals surface area contributed by atoms with Crippen LogP contribution in [-0.2, 0) is 22.4 Å². The quantitative estimate of drug-likeness (QED) is 0.709. The average Bonchev–Trinajstić information content (AvgIpc) is 3.13. The lowest BCUT2D eigenvalue weighted by Crippen LogP contribution is -2.44. The third kappa shape index (κ3) is 5.81. The van der Waals surface area contributed by atoms with Crippen molar-refractivity contribution in [3.63, 3.8) is 0 Å². The molecular weight excluding hydrogens is 388 g/mol. The fourth-order valence-corrected chi connectivity index (χ4v) is 4.44. The number of amides is 1. The predicted molar refractivity (Wildman–Crippen MR) is 122 cm³/mol. The molecule has 0 aliphatic carbocycles. The van der Waals surface area contributed by atoms with Crippen LogP contribution in [0.3, 0.4) is 0 Å². The number of ketones is 1. The number of aromatic nitrogens is 3. The Morgan fingerprint density at radius 3 is 2.68 bits per heavy atom. The summed E-state index contributed by atoms with van der Waals surface area (Å²) in [6.07, 6.45) is 4.21. The zero-order chi connectivity index (χ0) is 22.8. The molecule has 1 aliphatic heterocycles. The molecule has 1 N–H and O–H groups in total. The minimum atomic E-state index is -0.386. The molecule has 168 valence electrons.